The summed E-state index contributed by atoms with van der Waals surface area (Å²) in [5.41, 5.74) is 0.822. The lowest BCUT2D eigenvalue weighted by atomic mass is 9.45. The van der Waals surface area contributed by atoms with Crippen molar-refractivity contribution >= 4 is 0 Å². The van der Waals surface area contributed by atoms with Gasteiger partial charge in [-0.25, -0.2) is 0 Å². The van der Waals surface area contributed by atoms with Crippen LogP contribution in [0.25, 0.3) is 0 Å². The summed E-state index contributed by atoms with van der Waals surface area (Å²) in [6, 6.07) is 0. The van der Waals surface area contributed by atoms with Gasteiger partial charge < -0.3 is 0 Å². The highest BCUT2D eigenvalue weighted by Gasteiger charge is 2.69. The molecule has 3 aliphatic carbocycles. The zero-order valence-corrected chi connectivity index (χ0v) is 9.38. The molecule has 3 fully saturated rings. The van der Waals surface area contributed by atoms with E-state index < -0.39 is 0 Å². The summed E-state index contributed by atoms with van der Waals surface area (Å²) in [4.78, 5) is 0. The maximum atomic E-state index is 2.52. The minimum atomic E-state index is 0.822. The van der Waals surface area contributed by atoms with Crippen LogP contribution >= 0.6 is 0 Å². The number of hydrogen-bond acceptors (Lipinski definition) is 0. The van der Waals surface area contributed by atoms with Crippen LogP contribution < -0.4 is 0 Å². The molecule has 74 valence electrons. The van der Waals surface area contributed by atoms with Crippen LogP contribution in [-0.4, -0.2) is 0 Å². The monoisotopic (exact) mass is 178 g/mol. The van der Waals surface area contributed by atoms with Gasteiger partial charge in [-0.2, -0.15) is 0 Å². The van der Waals surface area contributed by atoms with Crippen molar-refractivity contribution in [2.75, 3.05) is 0 Å². The Bertz CT molecular complexity index is 244. The van der Waals surface area contributed by atoms with Crippen molar-refractivity contribution in [2.45, 2.75) is 40.5 Å². The lowest BCUT2D eigenvalue weighted by molar-refractivity contribution is -0.116. The van der Waals surface area contributed by atoms with E-state index in [9.17, 15) is 0 Å². The van der Waals surface area contributed by atoms with E-state index in [1.54, 1.807) is 12.8 Å². The average molecular weight is 178 g/mol. The molecular weight excluding hydrogens is 156 g/mol. The molecule has 0 radical (unpaired) electrons. The summed E-state index contributed by atoms with van der Waals surface area (Å²) < 4.78 is 0. The normalized spacial score (nSPS) is 69.2. The summed E-state index contributed by atoms with van der Waals surface area (Å²) in [6.45, 7) is 10.0. The van der Waals surface area contributed by atoms with Gasteiger partial charge in [0, 0.05) is 0 Å². The maximum Gasteiger partial charge on any atom is -0.0230 e. The second-order valence-electron chi connectivity index (χ2n) is 6.32. The molecule has 0 aromatic rings. The molecular formula is C13H22. The highest BCUT2D eigenvalue weighted by atomic mass is 14.7. The fourth-order valence-electron chi connectivity index (χ4n) is 5.63. The third-order valence-electron chi connectivity index (χ3n) is 6.22. The minimum Gasteiger partial charge on any atom is -0.0622 e. The van der Waals surface area contributed by atoms with Gasteiger partial charge in [0.1, 0.15) is 0 Å². The van der Waals surface area contributed by atoms with E-state index in [4.69, 9.17) is 0 Å². The molecule has 0 amide bonds. The van der Waals surface area contributed by atoms with Gasteiger partial charge in [-0.05, 0) is 53.8 Å². The van der Waals surface area contributed by atoms with E-state index in [2.05, 4.69) is 27.7 Å². The Morgan fingerprint density at radius 1 is 0.923 bits per heavy atom. The molecule has 0 nitrogen and oxygen atoms in total. The minimum absolute atomic E-state index is 0.822. The molecule has 0 aliphatic heterocycles. The molecule has 0 saturated heterocycles. The largest absolute Gasteiger partial charge is 0.0622 e. The molecule has 7 atom stereocenters. The van der Waals surface area contributed by atoms with E-state index in [1.807, 2.05) is 0 Å². The van der Waals surface area contributed by atoms with Crippen LogP contribution in [0.15, 0.2) is 0 Å². The lowest BCUT2D eigenvalue weighted by Gasteiger charge is -2.59. The van der Waals surface area contributed by atoms with Crippen molar-refractivity contribution in [3.8, 4) is 0 Å². The predicted molar refractivity (Wildman–Crippen MR) is 55.3 cm³/mol. The molecule has 2 bridgehead atoms. The van der Waals surface area contributed by atoms with Gasteiger partial charge in [0.2, 0.25) is 0 Å². The zero-order valence-electron chi connectivity index (χ0n) is 9.38. The van der Waals surface area contributed by atoms with Gasteiger partial charge in [0.05, 0.1) is 0 Å². The molecule has 3 saturated carbocycles. The Balaban J connectivity index is 1.98. The first kappa shape index (κ1) is 8.32. The molecule has 0 aromatic carbocycles. The summed E-state index contributed by atoms with van der Waals surface area (Å²) in [6.07, 6.45) is 3.13. The highest BCUT2D eigenvalue weighted by molar-refractivity contribution is 5.17. The lowest BCUT2D eigenvalue weighted by Crippen LogP contribution is -2.54. The van der Waals surface area contributed by atoms with Crippen molar-refractivity contribution in [1.82, 2.24) is 0 Å². The van der Waals surface area contributed by atoms with E-state index in [0.29, 0.717) is 0 Å². The van der Waals surface area contributed by atoms with Crippen molar-refractivity contribution in [3.63, 3.8) is 0 Å². The van der Waals surface area contributed by atoms with Crippen LogP contribution in [-0.2, 0) is 0 Å². The van der Waals surface area contributed by atoms with Crippen molar-refractivity contribution < 1.29 is 0 Å². The van der Waals surface area contributed by atoms with Gasteiger partial charge in [-0.1, -0.05) is 27.7 Å². The standard InChI is InChI=1S/C13H22/c1-7-5-13-6-11(7)9(3)12(13)8(2)10(13)4/h7-12H,5-6H2,1-4H3. The van der Waals surface area contributed by atoms with Crippen LogP contribution in [0.3, 0.4) is 0 Å². The van der Waals surface area contributed by atoms with Crippen molar-refractivity contribution in [1.29, 1.82) is 0 Å². The van der Waals surface area contributed by atoms with E-state index >= 15 is 0 Å². The van der Waals surface area contributed by atoms with Gasteiger partial charge >= 0.3 is 0 Å². The molecule has 3 aliphatic rings. The van der Waals surface area contributed by atoms with Crippen LogP contribution in [0.2, 0.25) is 0 Å². The first-order chi connectivity index (χ1) is 6.08. The summed E-state index contributed by atoms with van der Waals surface area (Å²) >= 11 is 0. The summed E-state index contributed by atoms with van der Waals surface area (Å²) in [5.74, 6) is 6.29. The first-order valence-corrected chi connectivity index (χ1v) is 6.08. The fourth-order valence-corrected chi connectivity index (χ4v) is 5.63. The van der Waals surface area contributed by atoms with Crippen LogP contribution in [0.1, 0.15) is 40.5 Å². The topological polar surface area (TPSA) is 0 Å². The summed E-state index contributed by atoms with van der Waals surface area (Å²) in [5, 5.41) is 0. The third-order valence-corrected chi connectivity index (χ3v) is 6.22. The third kappa shape index (κ3) is 0.680. The smallest absolute Gasteiger partial charge is 0.0230 e. The van der Waals surface area contributed by atoms with Gasteiger partial charge in [-0.3, -0.25) is 0 Å². The molecule has 0 N–H and O–H groups in total. The Morgan fingerprint density at radius 2 is 1.62 bits per heavy atom. The highest BCUT2D eigenvalue weighted by Crippen LogP contribution is 2.75. The second-order valence-corrected chi connectivity index (χ2v) is 6.32. The van der Waals surface area contributed by atoms with E-state index in [0.717, 1.165) is 40.9 Å². The summed E-state index contributed by atoms with van der Waals surface area (Å²) in [7, 11) is 0. The van der Waals surface area contributed by atoms with Gasteiger partial charge in [0.15, 0.2) is 0 Å². The quantitative estimate of drug-likeness (QED) is 0.532. The van der Waals surface area contributed by atoms with E-state index in [1.165, 1.54) is 0 Å². The van der Waals surface area contributed by atoms with Crippen molar-refractivity contribution in [2.24, 2.45) is 40.9 Å². The number of fused-ring (bicyclic) bond motifs is 1. The molecule has 0 heteroatoms. The second kappa shape index (κ2) is 2.15. The number of hydrogen-bond donors (Lipinski definition) is 0. The molecule has 0 heterocycles. The Hall–Kier alpha value is 0. The molecule has 1 spiro atoms. The Morgan fingerprint density at radius 3 is 2.31 bits per heavy atom. The van der Waals surface area contributed by atoms with Gasteiger partial charge in [-0.15, -0.1) is 0 Å². The Kier molecular flexibility index (Phi) is 1.37. The van der Waals surface area contributed by atoms with Crippen LogP contribution in [0.4, 0.5) is 0 Å². The average Bonchev–Trinajstić information content (AvgIpc) is 2.55. The van der Waals surface area contributed by atoms with Gasteiger partial charge in [0.25, 0.3) is 0 Å². The molecule has 3 rings (SSSR count). The first-order valence-electron chi connectivity index (χ1n) is 6.08. The Labute approximate surface area is 82.1 Å². The van der Waals surface area contributed by atoms with Crippen molar-refractivity contribution in [3.05, 3.63) is 0 Å². The number of rotatable bonds is 0. The molecule has 0 aromatic heterocycles. The van der Waals surface area contributed by atoms with E-state index in [-0.39, 0.29) is 0 Å². The zero-order chi connectivity index (χ0) is 9.38. The maximum absolute atomic E-state index is 2.52. The fraction of sp³-hybridized carbons (Fsp3) is 1.00. The predicted octanol–water partition coefficient (Wildman–Crippen LogP) is 3.57. The molecule has 13 heavy (non-hydrogen) atoms. The van der Waals surface area contributed by atoms with Crippen LogP contribution in [0.5, 0.6) is 0 Å². The molecule has 7 unspecified atom stereocenters. The SMILES string of the molecule is CC1CC23CC1C(C)C2C(C)C3C. The van der Waals surface area contributed by atoms with Crippen LogP contribution in [0, 0.1) is 40.9 Å².